The Morgan fingerprint density at radius 1 is 1.31 bits per heavy atom. The lowest BCUT2D eigenvalue weighted by molar-refractivity contribution is 0.465. The van der Waals surface area contributed by atoms with Gasteiger partial charge in [-0.3, -0.25) is 4.55 Å². The standard InChI is InChI=1S/C17H19ClN4O3S/c1-11(2)15(9-26(23,24)25)21-17-8-16(22-6-5-19-10-22)13-4-3-12(18)7-14(13)20-17/h3-8,10-11,15H,9H2,1-2H3,(H,20,21)(H,23,24,25). The van der Waals surface area contributed by atoms with Crippen LogP contribution < -0.4 is 5.32 Å². The molecule has 3 aromatic rings. The summed E-state index contributed by atoms with van der Waals surface area (Å²) in [5.74, 6) is 0.0525. The maximum atomic E-state index is 11.3. The molecule has 1 aromatic carbocycles. The van der Waals surface area contributed by atoms with E-state index in [-0.39, 0.29) is 5.92 Å². The van der Waals surface area contributed by atoms with Crippen molar-refractivity contribution in [3.05, 3.63) is 48.0 Å². The van der Waals surface area contributed by atoms with E-state index in [4.69, 9.17) is 11.6 Å². The van der Waals surface area contributed by atoms with Gasteiger partial charge in [0.2, 0.25) is 0 Å². The van der Waals surface area contributed by atoms with Gasteiger partial charge >= 0.3 is 0 Å². The van der Waals surface area contributed by atoms with Crippen LogP contribution in [0.2, 0.25) is 5.02 Å². The van der Waals surface area contributed by atoms with Gasteiger partial charge in [0, 0.05) is 34.9 Å². The third-order valence-electron chi connectivity index (χ3n) is 4.06. The number of benzene rings is 1. The maximum Gasteiger partial charge on any atom is 0.266 e. The zero-order valence-electron chi connectivity index (χ0n) is 14.3. The number of fused-ring (bicyclic) bond motifs is 1. The molecule has 0 saturated heterocycles. The van der Waals surface area contributed by atoms with Crippen molar-refractivity contribution in [2.24, 2.45) is 5.92 Å². The summed E-state index contributed by atoms with van der Waals surface area (Å²) in [6.45, 7) is 3.75. The van der Waals surface area contributed by atoms with Crippen molar-refractivity contribution < 1.29 is 13.0 Å². The van der Waals surface area contributed by atoms with Crippen molar-refractivity contribution in [2.75, 3.05) is 11.1 Å². The Morgan fingerprint density at radius 2 is 2.08 bits per heavy atom. The van der Waals surface area contributed by atoms with Crippen molar-refractivity contribution in [3.8, 4) is 5.69 Å². The SMILES string of the molecule is CC(C)C(CS(=O)(=O)O)Nc1cc(-n2ccnc2)c2ccc(Cl)cc2n1. The molecule has 9 heteroatoms. The minimum absolute atomic E-state index is 0.0366. The first kappa shape index (κ1) is 18.6. The van der Waals surface area contributed by atoms with Crippen LogP contribution in [0.3, 0.4) is 0 Å². The number of imidazole rings is 1. The van der Waals surface area contributed by atoms with E-state index >= 15 is 0 Å². The molecule has 0 aliphatic heterocycles. The maximum absolute atomic E-state index is 11.3. The second kappa shape index (κ2) is 7.22. The highest BCUT2D eigenvalue weighted by Crippen LogP contribution is 2.27. The van der Waals surface area contributed by atoms with Crippen molar-refractivity contribution >= 4 is 38.4 Å². The molecule has 1 unspecified atom stereocenters. The van der Waals surface area contributed by atoms with Gasteiger partial charge < -0.3 is 9.88 Å². The quantitative estimate of drug-likeness (QED) is 0.622. The number of halogens is 1. The molecule has 26 heavy (non-hydrogen) atoms. The molecule has 0 fully saturated rings. The van der Waals surface area contributed by atoms with Gasteiger partial charge in [-0.15, -0.1) is 0 Å². The highest BCUT2D eigenvalue weighted by atomic mass is 35.5. The minimum atomic E-state index is -4.12. The van der Waals surface area contributed by atoms with Gasteiger partial charge in [0.05, 0.1) is 23.3 Å². The summed E-state index contributed by atoms with van der Waals surface area (Å²) in [6, 6.07) is 6.73. The number of pyridine rings is 1. The van der Waals surface area contributed by atoms with Gasteiger partial charge in [-0.1, -0.05) is 25.4 Å². The number of aromatic nitrogens is 3. The van der Waals surface area contributed by atoms with Crippen molar-refractivity contribution in [1.29, 1.82) is 0 Å². The molecule has 7 nitrogen and oxygen atoms in total. The zero-order chi connectivity index (χ0) is 18.9. The zero-order valence-corrected chi connectivity index (χ0v) is 15.9. The van der Waals surface area contributed by atoms with Crippen LogP contribution in [0.15, 0.2) is 43.0 Å². The van der Waals surface area contributed by atoms with E-state index in [0.717, 1.165) is 11.1 Å². The van der Waals surface area contributed by atoms with E-state index in [0.29, 0.717) is 16.4 Å². The van der Waals surface area contributed by atoms with Crippen LogP contribution in [0.25, 0.3) is 16.6 Å². The fourth-order valence-corrected chi connectivity index (χ4v) is 3.78. The van der Waals surface area contributed by atoms with Crippen LogP contribution in [0.1, 0.15) is 13.8 Å². The first-order valence-corrected chi connectivity index (χ1v) is 10.0. The Labute approximate surface area is 156 Å². The lowest BCUT2D eigenvalue weighted by atomic mass is 10.1. The number of anilines is 1. The van der Waals surface area contributed by atoms with Crippen molar-refractivity contribution in [2.45, 2.75) is 19.9 Å². The summed E-state index contributed by atoms with van der Waals surface area (Å²) >= 11 is 6.10. The van der Waals surface area contributed by atoms with Crippen molar-refractivity contribution in [3.63, 3.8) is 0 Å². The normalized spacial score (nSPS) is 13.3. The smallest absolute Gasteiger partial charge is 0.266 e. The predicted octanol–water partition coefficient (Wildman–Crippen LogP) is 3.40. The number of nitrogens with zero attached hydrogens (tertiary/aromatic N) is 3. The Morgan fingerprint density at radius 3 is 2.69 bits per heavy atom. The van der Waals surface area contributed by atoms with Gasteiger partial charge in [0.25, 0.3) is 10.1 Å². The average Bonchev–Trinajstić information content (AvgIpc) is 3.06. The van der Waals surface area contributed by atoms with Crippen LogP contribution in [0.4, 0.5) is 5.82 Å². The molecule has 0 bridgehead atoms. The minimum Gasteiger partial charge on any atom is -0.366 e. The summed E-state index contributed by atoms with van der Waals surface area (Å²) in [5.41, 5.74) is 1.50. The lowest BCUT2D eigenvalue weighted by Gasteiger charge is -2.22. The van der Waals surface area contributed by atoms with Crippen LogP contribution >= 0.6 is 11.6 Å². The summed E-state index contributed by atoms with van der Waals surface area (Å²) in [4.78, 5) is 8.63. The van der Waals surface area contributed by atoms with E-state index in [1.165, 1.54) is 0 Å². The van der Waals surface area contributed by atoms with Crippen LogP contribution in [0, 0.1) is 5.92 Å². The van der Waals surface area contributed by atoms with Gasteiger partial charge in [0.15, 0.2) is 0 Å². The second-order valence-corrected chi connectivity index (χ2v) is 8.34. The number of hydrogen-bond donors (Lipinski definition) is 2. The highest BCUT2D eigenvalue weighted by Gasteiger charge is 2.21. The van der Waals surface area contributed by atoms with Gasteiger partial charge in [0.1, 0.15) is 5.82 Å². The summed E-state index contributed by atoms with van der Waals surface area (Å²) < 4.78 is 33.7. The third kappa shape index (κ3) is 4.32. The molecule has 0 radical (unpaired) electrons. The summed E-state index contributed by atoms with van der Waals surface area (Å²) in [5, 5.41) is 4.56. The van der Waals surface area contributed by atoms with Gasteiger partial charge in [-0.05, 0) is 24.1 Å². The van der Waals surface area contributed by atoms with Crippen LogP contribution in [-0.2, 0) is 10.1 Å². The van der Waals surface area contributed by atoms with Gasteiger partial charge in [-0.2, -0.15) is 8.42 Å². The molecule has 0 aliphatic carbocycles. The summed E-state index contributed by atoms with van der Waals surface area (Å²) in [6.07, 6.45) is 5.15. The van der Waals surface area contributed by atoms with Crippen molar-refractivity contribution in [1.82, 2.24) is 14.5 Å². The molecule has 0 amide bonds. The molecule has 2 aromatic heterocycles. The van der Waals surface area contributed by atoms with Gasteiger partial charge in [-0.25, -0.2) is 9.97 Å². The number of hydrogen-bond acceptors (Lipinski definition) is 5. The summed E-state index contributed by atoms with van der Waals surface area (Å²) in [7, 11) is -4.12. The Balaban J connectivity index is 2.08. The predicted molar refractivity (Wildman–Crippen MR) is 103 cm³/mol. The first-order chi connectivity index (χ1) is 12.2. The van der Waals surface area contributed by atoms with E-state index in [2.05, 4.69) is 15.3 Å². The molecule has 0 spiro atoms. The van der Waals surface area contributed by atoms with E-state index in [1.807, 2.05) is 36.7 Å². The molecule has 2 heterocycles. The van der Waals surface area contributed by atoms with E-state index in [1.54, 1.807) is 24.7 Å². The first-order valence-electron chi connectivity index (χ1n) is 8.03. The molecule has 3 rings (SSSR count). The number of nitrogens with one attached hydrogen (secondary N) is 1. The van der Waals surface area contributed by atoms with Crippen LogP contribution in [-0.4, -0.2) is 39.3 Å². The Hall–Kier alpha value is -2.16. The molecule has 0 aliphatic rings. The molecule has 0 saturated carbocycles. The fraction of sp³-hybridized carbons (Fsp3) is 0.294. The topological polar surface area (TPSA) is 97.1 Å². The third-order valence-corrected chi connectivity index (χ3v) is 5.08. The van der Waals surface area contributed by atoms with Crippen LogP contribution in [0.5, 0.6) is 0 Å². The molecular formula is C17H19ClN4O3S. The Kier molecular flexibility index (Phi) is 5.17. The number of rotatable bonds is 6. The highest BCUT2D eigenvalue weighted by molar-refractivity contribution is 7.85. The molecule has 2 N–H and O–H groups in total. The largest absolute Gasteiger partial charge is 0.366 e. The molecular weight excluding hydrogens is 376 g/mol. The van der Waals surface area contributed by atoms with E-state index < -0.39 is 21.9 Å². The average molecular weight is 395 g/mol. The Bertz CT molecular complexity index is 1020. The monoisotopic (exact) mass is 394 g/mol. The molecule has 1 atom stereocenters. The second-order valence-electron chi connectivity index (χ2n) is 6.40. The lowest BCUT2D eigenvalue weighted by Crippen LogP contribution is -2.33. The van der Waals surface area contributed by atoms with E-state index in [9.17, 15) is 13.0 Å². The molecule has 138 valence electrons. The fourth-order valence-electron chi connectivity index (χ4n) is 2.69.